The van der Waals surface area contributed by atoms with E-state index >= 15 is 0 Å². The molecule has 3 heteroatoms. The van der Waals surface area contributed by atoms with Crippen molar-refractivity contribution in [2.75, 3.05) is 0 Å². The van der Waals surface area contributed by atoms with Crippen molar-refractivity contribution in [2.24, 2.45) is 5.73 Å². The van der Waals surface area contributed by atoms with Gasteiger partial charge in [-0.25, -0.2) is 4.68 Å². The molecule has 0 unspecified atom stereocenters. The maximum atomic E-state index is 5.70. The van der Waals surface area contributed by atoms with Crippen LogP contribution in [0.1, 0.15) is 42.3 Å². The molecule has 0 fully saturated rings. The van der Waals surface area contributed by atoms with E-state index in [0.717, 1.165) is 11.4 Å². The maximum Gasteiger partial charge on any atom is 0.0767 e. The van der Waals surface area contributed by atoms with E-state index in [1.54, 1.807) is 0 Å². The van der Waals surface area contributed by atoms with Gasteiger partial charge in [-0.05, 0) is 43.0 Å². The van der Waals surface area contributed by atoms with Crippen molar-refractivity contribution in [1.82, 2.24) is 9.78 Å². The molecule has 1 aromatic heterocycles. The zero-order chi connectivity index (χ0) is 13.3. The highest BCUT2D eigenvalue weighted by atomic mass is 15.3. The molecular weight excluding hydrogens is 222 g/mol. The Balaban J connectivity index is 2.62. The first-order valence-corrected chi connectivity index (χ1v) is 6.40. The van der Waals surface area contributed by atoms with Gasteiger partial charge < -0.3 is 5.73 Å². The van der Waals surface area contributed by atoms with E-state index in [1.165, 1.54) is 16.8 Å². The van der Waals surface area contributed by atoms with Crippen LogP contribution < -0.4 is 5.73 Å². The van der Waals surface area contributed by atoms with Crippen molar-refractivity contribution in [3.8, 4) is 5.69 Å². The minimum absolute atomic E-state index is 0.428. The Morgan fingerprint density at radius 2 is 2.00 bits per heavy atom. The number of hydrogen-bond donors (Lipinski definition) is 1. The third-order valence-electron chi connectivity index (χ3n) is 3.39. The van der Waals surface area contributed by atoms with Gasteiger partial charge in [0.05, 0.1) is 11.4 Å². The molecule has 0 bridgehead atoms. The Morgan fingerprint density at radius 3 is 2.61 bits per heavy atom. The largest absolute Gasteiger partial charge is 0.325 e. The third kappa shape index (κ3) is 2.18. The molecule has 0 aliphatic heterocycles. The number of benzene rings is 1. The Morgan fingerprint density at radius 1 is 1.28 bits per heavy atom. The van der Waals surface area contributed by atoms with Gasteiger partial charge in [-0.15, -0.1) is 0 Å². The van der Waals surface area contributed by atoms with Gasteiger partial charge in [0.2, 0.25) is 0 Å². The summed E-state index contributed by atoms with van der Waals surface area (Å²) in [7, 11) is 0. The molecule has 2 N–H and O–H groups in total. The Hall–Kier alpha value is -1.61. The van der Waals surface area contributed by atoms with Crippen molar-refractivity contribution in [3.63, 3.8) is 0 Å². The van der Waals surface area contributed by atoms with Crippen LogP contribution in [0.5, 0.6) is 0 Å². The van der Waals surface area contributed by atoms with Crippen LogP contribution in [0.15, 0.2) is 24.3 Å². The van der Waals surface area contributed by atoms with Crippen LogP contribution in [0.2, 0.25) is 0 Å². The average Bonchev–Trinajstić information content (AvgIpc) is 2.77. The first kappa shape index (κ1) is 12.8. The molecule has 1 aromatic carbocycles. The SMILES string of the molecule is Cc1cccc(-n2nc(CN)cc2C(C)C)c1C. The van der Waals surface area contributed by atoms with Crippen molar-refractivity contribution in [1.29, 1.82) is 0 Å². The average molecular weight is 243 g/mol. The molecule has 0 aliphatic rings. The van der Waals surface area contributed by atoms with E-state index in [2.05, 4.69) is 57.1 Å². The molecular formula is C15H21N3. The molecule has 0 saturated heterocycles. The summed E-state index contributed by atoms with van der Waals surface area (Å²) in [6, 6.07) is 8.42. The summed E-state index contributed by atoms with van der Waals surface area (Å²) in [6.45, 7) is 9.11. The third-order valence-corrected chi connectivity index (χ3v) is 3.39. The lowest BCUT2D eigenvalue weighted by molar-refractivity contribution is 0.723. The highest BCUT2D eigenvalue weighted by Gasteiger charge is 2.13. The van der Waals surface area contributed by atoms with Gasteiger partial charge in [0, 0.05) is 12.2 Å². The number of nitrogens with two attached hydrogens (primary N) is 1. The summed E-state index contributed by atoms with van der Waals surface area (Å²) in [5, 5.41) is 4.61. The van der Waals surface area contributed by atoms with E-state index < -0.39 is 0 Å². The van der Waals surface area contributed by atoms with Gasteiger partial charge in [0.1, 0.15) is 0 Å². The van der Waals surface area contributed by atoms with Gasteiger partial charge in [0.15, 0.2) is 0 Å². The van der Waals surface area contributed by atoms with Gasteiger partial charge in [0.25, 0.3) is 0 Å². The Labute approximate surface area is 109 Å². The summed E-state index contributed by atoms with van der Waals surface area (Å²) in [4.78, 5) is 0. The first-order chi connectivity index (χ1) is 8.54. The molecule has 96 valence electrons. The molecule has 0 spiro atoms. The fraction of sp³-hybridized carbons (Fsp3) is 0.400. The number of aromatic nitrogens is 2. The van der Waals surface area contributed by atoms with Crippen LogP contribution in [-0.4, -0.2) is 9.78 Å². The van der Waals surface area contributed by atoms with Crippen molar-refractivity contribution in [2.45, 2.75) is 40.2 Å². The normalized spacial score (nSPS) is 11.2. The van der Waals surface area contributed by atoms with Crippen LogP contribution in [0.25, 0.3) is 5.69 Å². The second-order valence-corrected chi connectivity index (χ2v) is 5.05. The Bertz CT molecular complexity index is 553. The fourth-order valence-electron chi connectivity index (χ4n) is 2.12. The minimum Gasteiger partial charge on any atom is -0.325 e. The topological polar surface area (TPSA) is 43.8 Å². The van der Waals surface area contributed by atoms with Gasteiger partial charge in [-0.2, -0.15) is 5.10 Å². The molecule has 0 saturated carbocycles. The van der Waals surface area contributed by atoms with Crippen LogP contribution >= 0.6 is 0 Å². The molecule has 0 atom stereocenters. The molecule has 2 aromatic rings. The van der Waals surface area contributed by atoms with E-state index in [1.807, 2.05) is 4.68 Å². The lowest BCUT2D eigenvalue weighted by Crippen LogP contribution is -2.07. The van der Waals surface area contributed by atoms with E-state index in [9.17, 15) is 0 Å². The second-order valence-electron chi connectivity index (χ2n) is 5.05. The summed E-state index contributed by atoms with van der Waals surface area (Å²) < 4.78 is 2.04. The molecule has 2 rings (SSSR count). The van der Waals surface area contributed by atoms with Gasteiger partial charge in [-0.1, -0.05) is 26.0 Å². The smallest absolute Gasteiger partial charge is 0.0767 e. The highest BCUT2D eigenvalue weighted by molar-refractivity contribution is 5.45. The van der Waals surface area contributed by atoms with E-state index in [-0.39, 0.29) is 0 Å². The molecule has 18 heavy (non-hydrogen) atoms. The molecule has 0 amide bonds. The van der Waals surface area contributed by atoms with Crippen LogP contribution in [0, 0.1) is 13.8 Å². The molecule has 0 radical (unpaired) electrons. The van der Waals surface area contributed by atoms with Gasteiger partial charge in [-0.3, -0.25) is 0 Å². The second kappa shape index (κ2) is 4.94. The van der Waals surface area contributed by atoms with Crippen molar-refractivity contribution >= 4 is 0 Å². The van der Waals surface area contributed by atoms with Crippen LogP contribution in [-0.2, 0) is 6.54 Å². The zero-order valence-corrected chi connectivity index (χ0v) is 11.6. The molecule has 0 aliphatic carbocycles. The first-order valence-electron chi connectivity index (χ1n) is 6.40. The number of aryl methyl sites for hydroxylation is 1. The highest BCUT2D eigenvalue weighted by Crippen LogP contribution is 2.23. The predicted molar refractivity (Wildman–Crippen MR) is 75.0 cm³/mol. The Kier molecular flexibility index (Phi) is 3.53. The lowest BCUT2D eigenvalue weighted by atomic mass is 10.1. The van der Waals surface area contributed by atoms with Crippen LogP contribution in [0.3, 0.4) is 0 Å². The zero-order valence-electron chi connectivity index (χ0n) is 11.6. The van der Waals surface area contributed by atoms with Crippen LogP contribution in [0.4, 0.5) is 0 Å². The fourth-order valence-corrected chi connectivity index (χ4v) is 2.12. The monoisotopic (exact) mass is 243 g/mol. The lowest BCUT2D eigenvalue weighted by Gasteiger charge is -2.13. The summed E-state index contributed by atoms with van der Waals surface area (Å²) in [6.07, 6.45) is 0. The summed E-state index contributed by atoms with van der Waals surface area (Å²) in [5.74, 6) is 0.428. The maximum absolute atomic E-state index is 5.70. The summed E-state index contributed by atoms with van der Waals surface area (Å²) >= 11 is 0. The van der Waals surface area contributed by atoms with Crippen molar-refractivity contribution < 1.29 is 0 Å². The van der Waals surface area contributed by atoms with E-state index in [4.69, 9.17) is 5.73 Å². The molecule has 1 heterocycles. The van der Waals surface area contributed by atoms with E-state index in [0.29, 0.717) is 12.5 Å². The number of nitrogens with zero attached hydrogens (tertiary/aromatic N) is 2. The summed E-state index contributed by atoms with van der Waals surface area (Å²) in [5.41, 5.74) is 11.6. The standard InChI is InChI=1S/C15H21N3/c1-10(2)15-8-13(9-16)17-18(15)14-7-5-6-11(3)12(14)4/h5-8,10H,9,16H2,1-4H3. The van der Waals surface area contributed by atoms with Gasteiger partial charge >= 0.3 is 0 Å². The number of hydrogen-bond acceptors (Lipinski definition) is 2. The number of rotatable bonds is 3. The quantitative estimate of drug-likeness (QED) is 0.900. The predicted octanol–water partition coefficient (Wildman–Crippen LogP) is 3.07. The van der Waals surface area contributed by atoms with Crippen molar-refractivity contribution in [3.05, 3.63) is 46.8 Å². The molecule has 3 nitrogen and oxygen atoms in total. The minimum atomic E-state index is 0.428.